The largest absolute Gasteiger partial charge is 0.490 e. The Bertz CT molecular complexity index is 493. The minimum atomic E-state index is -1.60. The van der Waals surface area contributed by atoms with Crippen molar-refractivity contribution >= 4 is 29.7 Å². The zero-order valence-corrected chi connectivity index (χ0v) is 9.15. The molecule has 2 aromatic rings. The number of ketones is 1. The predicted molar refractivity (Wildman–Crippen MR) is 64.0 cm³/mol. The summed E-state index contributed by atoms with van der Waals surface area (Å²) in [5.74, 6) is -0.190. The quantitative estimate of drug-likeness (QED) is 0.603. The average Bonchev–Trinajstić information content (AvgIpc) is 2.78. The van der Waals surface area contributed by atoms with Gasteiger partial charge in [0.1, 0.15) is 0 Å². The van der Waals surface area contributed by atoms with Crippen molar-refractivity contribution in [3.05, 3.63) is 52.2 Å². The molecule has 0 saturated carbocycles. The smallest absolute Gasteiger partial charge is 0.423 e. The maximum absolute atomic E-state index is 12.0. The summed E-state index contributed by atoms with van der Waals surface area (Å²) in [5, 5.41) is 21.4. The van der Waals surface area contributed by atoms with E-state index in [0.29, 0.717) is 11.1 Å². The number of carbonyl (C=O) groups excluding carboxylic acids is 1. The number of hydrogen-bond donors (Lipinski definition) is 2. The van der Waals surface area contributed by atoms with E-state index in [0.717, 1.165) is 0 Å². The fraction of sp³-hybridized carbons (Fsp3) is 0. The highest BCUT2D eigenvalue weighted by Crippen LogP contribution is 2.11. The predicted octanol–water partition coefficient (Wildman–Crippen LogP) is 0.659. The Morgan fingerprint density at radius 3 is 2.44 bits per heavy atom. The number of hydrogen-bond acceptors (Lipinski definition) is 4. The third-order valence-electron chi connectivity index (χ3n) is 2.25. The van der Waals surface area contributed by atoms with Crippen molar-refractivity contribution in [3.8, 4) is 0 Å². The normalized spacial score (nSPS) is 10.1. The number of benzene rings is 1. The van der Waals surface area contributed by atoms with Gasteiger partial charge in [-0.15, -0.1) is 0 Å². The molecule has 0 aliphatic heterocycles. The van der Waals surface area contributed by atoms with E-state index < -0.39 is 7.12 Å². The molecule has 3 nitrogen and oxygen atoms in total. The third kappa shape index (κ3) is 2.06. The number of rotatable bonds is 3. The third-order valence-corrected chi connectivity index (χ3v) is 3.01. The molecule has 2 N–H and O–H groups in total. The first kappa shape index (κ1) is 11.1. The molecule has 0 fully saturated rings. The molecule has 5 heteroatoms. The van der Waals surface area contributed by atoms with Gasteiger partial charge < -0.3 is 10.0 Å². The van der Waals surface area contributed by atoms with E-state index in [1.807, 2.05) is 6.07 Å². The molecule has 0 unspecified atom stereocenters. The molecule has 0 saturated heterocycles. The monoisotopic (exact) mass is 232 g/mol. The lowest BCUT2D eigenvalue weighted by Crippen LogP contribution is -2.32. The Hall–Kier alpha value is -1.43. The highest BCUT2D eigenvalue weighted by Gasteiger charge is 2.21. The Morgan fingerprint density at radius 2 is 1.81 bits per heavy atom. The van der Waals surface area contributed by atoms with Gasteiger partial charge in [0.2, 0.25) is 0 Å². The molecule has 2 rings (SSSR count). The number of carbonyl (C=O) groups is 1. The molecule has 1 heterocycles. The molecule has 0 radical (unpaired) electrons. The van der Waals surface area contributed by atoms with Crippen molar-refractivity contribution in [2.45, 2.75) is 0 Å². The van der Waals surface area contributed by atoms with Gasteiger partial charge in [0.05, 0.1) is 0 Å². The van der Waals surface area contributed by atoms with Gasteiger partial charge in [-0.2, -0.15) is 11.3 Å². The van der Waals surface area contributed by atoms with E-state index in [-0.39, 0.29) is 11.2 Å². The van der Waals surface area contributed by atoms with Crippen LogP contribution in [0.2, 0.25) is 0 Å². The Kier molecular flexibility index (Phi) is 3.19. The minimum absolute atomic E-state index is 0.190. The van der Waals surface area contributed by atoms with Crippen molar-refractivity contribution in [1.29, 1.82) is 0 Å². The van der Waals surface area contributed by atoms with Crippen molar-refractivity contribution in [1.82, 2.24) is 0 Å². The van der Waals surface area contributed by atoms with Gasteiger partial charge >= 0.3 is 7.12 Å². The van der Waals surface area contributed by atoms with Crippen LogP contribution in [0.15, 0.2) is 41.1 Å². The van der Waals surface area contributed by atoms with Crippen molar-refractivity contribution < 1.29 is 14.8 Å². The Balaban J connectivity index is 2.39. The van der Waals surface area contributed by atoms with Gasteiger partial charge in [-0.1, -0.05) is 30.3 Å². The molecular formula is C11H9BO3S. The molecular weight excluding hydrogens is 223 g/mol. The SMILES string of the molecule is O=C(c1ccccc1)c1cscc1B(O)O. The first-order valence-electron chi connectivity index (χ1n) is 4.72. The van der Waals surface area contributed by atoms with E-state index in [4.69, 9.17) is 10.0 Å². The zero-order valence-electron chi connectivity index (χ0n) is 8.33. The van der Waals surface area contributed by atoms with Crippen molar-refractivity contribution in [2.24, 2.45) is 0 Å². The van der Waals surface area contributed by atoms with Crippen LogP contribution in [0.1, 0.15) is 15.9 Å². The first-order chi connectivity index (χ1) is 7.70. The summed E-state index contributed by atoms with van der Waals surface area (Å²) < 4.78 is 0. The molecule has 0 bridgehead atoms. The standard InChI is InChI=1S/C11H9BO3S/c13-11(8-4-2-1-3-5-8)9-6-16-7-10(9)12(14)15/h1-7,14-15H. The van der Waals surface area contributed by atoms with Gasteiger partial charge in [0.15, 0.2) is 5.78 Å². The van der Waals surface area contributed by atoms with Crippen LogP contribution in [0.3, 0.4) is 0 Å². The molecule has 0 atom stereocenters. The molecule has 0 aliphatic rings. The second kappa shape index (κ2) is 4.61. The van der Waals surface area contributed by atoms with Crippen molar-refractivity contribution in [3.63, 3.8) is 0 Å². The summed E-state index contributed by atoms with van der Waals surface area (Å²) in [5.41, 5.74) is 1.16. The second-order valence-electron chi connectivity index (χ2n) is 3.31. The molecule has 0 spiro atoms. The summed E-state index contributed by atoms with van der Waals surface area (Å²) >= 11 is 1.28. The molecule has 16 heavy (non-hydrogen) atoms. The van der Waals surface area contributed by atoms with E-state index in [1.165, 1.54) is 11.3 Å². The summed E-state index contributed by atoms with van der Waals surface area (Å²) in [4.78, 5) is 12.0. The van der Waals surface area contributed by atoms with Crippen LogP contribution in [0.25, 0.3) is 0 Å². The zero-order chi connectivity index (χ0) is 11.5. The number of thiophene rings is 1. The highest BCUT2D eigenvalue weighted by molar-refractivity contribution is 7.09. The molecule has 0 amide bonds. The van der Waals surface area contributed by atoms with Crippen molar-refractivity contribution in [2.75, 3.05) is 0 Å². The fourth-order valence-corrected chi connectivity index (χ4v) is 2.28. The lowest BCUT2D eigenvalue weighted by Gasteiger charge is -2.02. The Morgan fingerprint density at radius 1 is 1.12 bits per heavy atom. The van der Waals surface area contributed by atoms with E-state index >= 15 is 0 Å². The lowest BCUT2D eigenvalue weighted by molar-refractivity contribution is 0.103. The maximum atomic E-state index is 12.0. The molecule has 80 valence electrons. The Labute approximate surface area is 97.1 Å². The fourth-order valence-electron chi connectivity index (χ4n) is 1.44. The summed E-state index contributed by atoms with van der Waals surface area (Å²) in [7, 11) is -1.60. The lowest BCUT2D eigenvalue weighted by atomic mass is 9.78. The highest BCUT2D eigenvalue weighted by atomic mass is 32.1. The average molecular weight is 232 g/mol. The molecule has 1 aromatic heterocycles. The van der Waals surface area contributed by atoms with Crippen LogP contribution in [-0.2, 0) is 0 Å². The van der Waals surface area contributed by atoms with Crippen LogP contribution in [0, 0.1) is 0 Å². The van der Waals surface area contributed by atoms with Crippen LogP contribution < -0.4 is 5.46 Å². The van der Waals surface area contributed by atoms with E-state index in [1.54, 1.807) is 35.0 Å². The van der Waals surface area contributed by atoms with Gasteiger partial charge in [0, 0.05) is 22.0 Å². The summed E-state index contributed by atoms with van der Waals surface area (Å²) in [6.07, 6.45) is 0. The van der Waals surface area contributed by atoms with Gasteiger partial charge in [-0.3, -0.25) is 4.79 Å². The van der Waals surface area contributed by atoms with Crippen LogP contribution >= 0.6 is 11.3 Å². The molecule has 0 aliphatic carbocycles. The van der Waals surface area contributed by atoms with Crippen LogP contribution in [-0.4, -0.2) is 22.9 Å². The van der Waals surface area contributed by atoms with Gasteiger partial charge in [0.25, 0.3) is 0 Å². The van der Waals surface area contributed by atoms with Gasteiger partial charge in [-0.05, 0) is 5.38 Å². The summed E-state index contributed by atoms with van der Waals surface area (Å²) in [6.45, 7) is 0. The minimum Gasteiger partial charge on any atom is -0.423 e. The van der Waals surface area contributed by atoms with Gasteiger partial charge in [-0.25, -0.2) is 0 Å². The summed E-state index contributed by atoms with van der Waals surface area (Å²) in [6, 6.07) is 8.77. The topological polar surface area (TPSA) is 57.5 Å². The molecule has 1 aromatic carbocycles. The first-order valence-corrected chi connectivity index (χ1v) is 5.66. The maximum Gasteiger partial charge on any atom is 0.490 e. The van der Waals surface area contributed by atoms with E-state index in [9.17, 15) is 4.79 Å². The second-order valence-corrected chi connectivity index (χ2v) is 4.05. The van der Waals surface area contributed by atoms with Crippen LogP contribution in [0.5, 0.6) is 0 Å². The van der Waals surface area contributed by atoms with E-state index in [2.05, 4.69) is 0 Å². The van der Waals surface area contributed by atoms with Crippen LogP contribution in [0.4, 0.5) is 0 Å².